The summed E-state index contributed by atoms with van der Waals surface area (Å²) >= 11 is 7.86. The highest BCUT2D eigenvalue weighted by atomic mass is 35.5. The van der Waals surface area contributed by atoms with Gasteiger partial charge >= 0.3 is 0 Å². The van der Waals surface area contributed by atoms with E-state index in [9.17, 15) is 4.79 Å². The third kappa shape index (κ3) is 3.44. The van der Waals surface area contributed by atoms with E-state index in [0.29, 0.717) is 21.1 Å². The average Bonchev–Trinajstić information content (AvgIpc) is 3.44. The smallest absolute Gasteiger partial charge is 0.278 e. The fourth-order valence-electron chi connectivity index (χ4n) is 3.55. The highest BCUT2D eigenvalue weighted by Gasteiger charge is 2.23. The lowest BCUT2D eigenvalue weighted by Gasteiger charge is -2.19. The number of halogens is 1. The van der Waals surface area contributed by atoms with E-state index in [1.807, 2.05) is 41.0 Å². The molecule has 0 atom stereocenters. The SMILES string of the molecule is O=c1c2ccccc2nnn1CSc1nnc(N2CCCC2)n1-c1ccccc1Cl. The van der Waals surface area contributed by atoms with Crippen molar-refractivity contribution in [2.45, 2.75) is 23.9 Å². The normalized spacial score (nSPS) is 14.0. The molecule has 2 aromatic carbocycles. The van der Waals surface area contributed by atoms with Crippen LogP contribution in [0.1, 0.15) is 12.8 Å². The Bertz CT molecular complexity index is 1270. The standard InChI is InChI=1S/C20H18ClN7OS/c21-15-8-2-4-10-17(15)28-19(26-11-5-6-12-26)23-24-20(28)30-13-27-18(29)14-7-1-3-9-16(14)22-25-27/h1-4,7-10H,5-6,11-13H2. The van der Waals surface area contributed by atoms with E-state index >= 15 is 0 Å². The minimum absolute atomic E-state index is 0.184. The van der Waals surface area contributed by atoms with Crippen molar-refractivity contribution in [2.24, 2.45) is 0 Å². The van der Waals surface area contributed by atoms with Gasteiger partial charge in [-0.25, -0.2) is 0 Å². The predicted octanol–water partition coefficient (Wildman–Crippen LogP) is 3.38. The molecular weight excluding hydrogens is 422 g/mol. The monoisotopic (exact) mass is 439 g/mol. The Labute approximate surface area is 181 Å². The Morgan fingerprint density at radius 1 is 0.967 bits per heavy atom. The molecule has 8 nitrogen and oxygen atoms in total. The van der Waals surface area contributed by atoms with Crippen LogP contribution in [0.3, 0.4) is 0 Å². The van der Waals surface area contributed by atoms with Crippen molar-refractivity contribution >= 4 is 40.2 Å². The molecule has 5 rings (SSSR count). The number of rotatable bonds is 5. The number of anilines is 1. The molecule has 0 radical (unpaired) electrons. The summed E-state index contributed by atoms with van der Waals surface area (Å²) in [6.07, 6.45) is 2.25. The highest BCUT2D eigenvalue weighted by molar-refractivity contribution is 7.98. The number of thioether (sulfide) groups is 1. The molecule has 0 spiro atoms. The fourth-order valence-corrected chi connectivity index (χ4v) is 4.58. The molecule has 0 amide bonds. The number of benzene rings is 2. The van der Waals surface area contributed by atoms with Crippen LogP contribution in [0.25, 0.3) is 16.6 Å². The first-order valence-electron chi connectivity index (χ1n) is 9.63. The predicted molar refractivity (Wildman–Crippen MR) is 117 cm³/mol. The van der Waals surface area contributed by atoms with Crippen LogP contribution in [-0.4, -0.2) is 42.8 Å². The number of aromatic nitrogens is 6. The van der Waals surface area contributed by atoms with Crippen molar-refractivity contribution in [3.63, 3.8) is 0 Å². The average molecular weight is 440 g/mol. The minimum Gasteiger partial charge on any atom is -0.341 e. The summed E-state index contributed by atoms with van der Waals surface area (Å²) in [7, 11) is 0. The molecular formula is C20H18ClN7OS. The van der Waals surface area contributed by atoms with E-state index in [1.165, 1.54) is 16.4 Å². The van der Waals surface area contributed by atoms with Crippen molar-refractivity contribution in [2.75, 3.05) is 18.0 Å². The Morgan fingerprint density at radius 3 is 2.57 bits per heavy atom. The Balaban J connectivity index is 1.51. The maximum Gasteiger partial charge on any atom is 0.278 e. The van der Waals surface area contributed by atoms with E-state index in [-0.39, 0.29) is 11.4 Å². The second-order valence-electron chi connectivity index (χ2n) is 6.95. The molecule has 0 saturated carbocycles. The summed E-state index contributed by atoms with van der Waals surface area (Å²) in [4.78, 5) is 15.0. The number of nitrogens with zero attached hydrogens (tertiary/aromatic N) is 7. The Hall–Kier alpha value is -2.91. The van der Waals surface area contributed by atoms with Gasteiger partial charge in [-0.05, 0) is 37.1 Å². The van der Waals surface area contributed by atoms with Crippen LogP contribution < -0.4 is 10.5 Å². The van der Waals surface area contributed by atoms with Gasteiger partial charge in [-0.15, -0.1) is 15.3 Å². The van der Waals surface area contributed by atoms with Gasteiger partial charge in [0.1, 0.15) is 5.52 Å². The molecule has 2 aromatic heterocycles. The summed E-state index contributed by atoms with van der Waals surface area (Å²) in [6, 6.07) is 14.8. The number of fused-ring (bicyclic) bond motifs is 1. The molecule has 1 aliphatic rings. The highest BCUT2D eigenvalue weighted by Crippen LogP contribution is 2.32. The molecule has 30 heavy (non-hydrogen) atoms. The molecule has 0 unspecified atom stereocenters. The van der Waals surface area contributed by atoms with Crippen LogP contribution in [0.15, 0.2) is 58.5 Å². The molecule has 10 heteroatoms. The molecule has 0 bridgehead atoms. The van der Waals surface area contributed by atoms with Crippen LogP contribution >= 0.6 is 23.4 Å². The number of para-hydroxylation sites is 1. The maximum atomic E-state index is 12.7. The van der Waals surface area contributed by atoms with E-state index in [4.69, 9.17) is 11.6 Å². The van der Waals surface area contributed by atoms with Gasteiger partial charge in [-0.1, -0.05) is 52.8 Å². The first-order chi connectivity index (χ1) is 14.7. The van der Waals surface area contributed by atoms with Crippen LogP contribution in [0, 0.1) is 0 Å². The van der Waals surface area contributed by atoms with Crippen molar-refractivity contribution in [1.82, 2.24) is 29.8 Å². The summed E-state index contributed by atoms with van der Waals surface area (Å²) in [5, 5.41) is 18.8. The molecule has 4 aromatic rings. The fraction of sp³-hybridized carbons (Fsp3) is 0.250. The lowest BCUT2D eigenvalue weighted by atomic mass is 10.2. The van der Waals surface area contributed by atoms with Crippen LogP contribution in [-0.2, 0) is 5.88 Å². The van der Waals surface area contributed by atoms with E-state index in [2.05, 4.69) is 25.4 Å². The van der Waals surface area contributed by atoms with Gasteiger partial charge in [0.15, 0.2) is 5.16 Å². The van der Waals surface area contributed by atoms with Gasteiger partial charge in [-0.3, -0.25) is 9.36 Å². The van der Waals surface area contributed by atoms with Gasteiger partial charge in [0.25, 0.3) is 5.56 Å². The summed E-state index contributed by atoms with van der Waals surface area (Å²) < 4.78 is 3.30. The molecule has 1 aliphatic heterocycles. The van der Waals surface area contributed by atoms with Crippen molar-refractivity contribution in [3.05, 3.63) is 63.9 Å². The second kappa shape index (κ2) is 8.08. The van der Waals surface area contributed by atoms with Gasteiger partial charge in [-0.2, -0.15) is 4.68 Å². The zero-order chi connectivity index (χ0) is 20.5. The van der Waals surface area contributed by atoms with E-state index in [1.54, 1.807) is 12.1 Å². The van der Waals surface area contributed by atoms with Crippen LogP contribution in [0.2, 0.25) is 5.02 Å². The lowest BCUT2D eigenvalue weighted by Crippen LogP contribution is -2.23. The first kappa shape index (κ1) is 19.1. The van der Waals surface area contributed by atoms with Crippen molar-refractivity contribution in [3.8, 4) is 5.69 Å². The molecule has 3 heterocycles. The molecule has 0 N–H and O–H groups in total. The maximum absolute atomic E-state index is 12.7. The van der Waals surface area contributed by atoms with Gasteiger partial charge in [0.2, 0.25) is 5.95 Å². The zero-order valence-corrected chi connectivity index (χ0v) is 17.6. The van der Waals surface area contributed by atoms with Crippen molar-refractivity contribution in [1.29, 1.82) is 0 Å². The second-order valence-corrected chi connectivity index (χ2v) is 8.27. The minimum atomic E-state index is -0.184. The first-order valence-corrected chi connectivity index (χ1v) is 11.0. The Morgan fingerprint density at radius 2 is 1.73 bits per heavy atom. The Kier molecular flexibility index (Phi) is 5.14. The largest absolute Gasteiger partial charge is 0.341 e. The third-order valence-electron chi connectivity index (χ3n) is 5.04. The lowest BCUT2D eigenvalue weighted by molar-refractivity contribution is 0.643. The summed E-state index contributed by atoms with van der Waals surface area (Å²) in [5.41, 5.74) is 1.21. The van der Waals surface area contributed by atoms with Crippen molar-refractivity contribution < 1.29 is 0 Å². The van der Waals surface area contributed by atoms with E-state index in [0.717, 1.165) is 37.6 Å². The van der Waals surface area contributed by atoms with Crippen LogP contribution in [0.4, 0.5) is 5.95 Å². The van der Waals surface area contributed by atoms with Gasteiger partial charge in [0.05, 0.1) is 22.0 Å². The van der Waals surface area contributed by atoms with E-state index < -0.39 is 0 Å². The van der Waals surface area contributed by atoms with Gasteiger partial charge in [0, 0.05) is 13.1 Å². The molecule has 152 valence electrons. The number of hydrogen-bond acceptors (Lipinski definition) is 7. The molecule has 0 aliphatic carbocycles. The quantitative estimate of drug-likeness (QED) is 0.441. The zero-order valence-electron chi connectivity index (χ0n) is 16.0. The summed E-state index contributed by atoms with van der Waals surface area (Å²) in [5.74, 6) is 1.03. The molecule has 1 saturated heterocycles. The van der Waals surface area contributed by atoms with Crippen LogP contribution in [0.5, 0.6) is 0 Å². The summed E-state index contributed by atoms with van der Waals surface area (Å²) in [6.45, 7) is 1.87. The van der Waals surface area contributed by atoms with Gasteiger partial charge < -0.3 is 4.90 Å². The third-order valence-corrected chi connectivity index (χ3v) is 6.26. The topological polar surface area (TPSA) is 81.7 Å². The number of hydrogen-bond donors (Lipinski definition) is 0. The molecule has 1 fully saturated rings.